The number of aromatic nitrogens is 4. The number of hydrogen-bond donors (Lipinski definition) is 0. The normalized spacial score (nSPS) is 15.1. The topological polar surface area (TPSA) is 101 Å². The molecule has 33 heavy (non-hydrogen) atoms. The Kier molecular flexibility index (Phi) is 6.77. The summed E-state index contributed by atoms with van der Waals surface area (Å²) < 4.78 is 41.6. The van der Waals surface area contributed by atoms with Gasteiger partial charge < -0.3 is 4.90 Å². The van der Waals surface area contributed by atoms with Gasteiger partial charge in [0, 0.05) is 31.9 Å². The molecule has 3 aromatic rings. The summed E-state index contributed by atoms with van der Waals surface area (Å²) in [5, 5.41) is 13.4. The number of halogens is 1. The maximum Gasteiger partial charge on any atom is 0.243 e. The lowest BCUT2D eigenvalue weighted by Gasteiger charge is -2.34. The van der Waals surface area contributed by atoms with Crippen molar-refractivity contribution in [1.29, 1.82) is 0 Å². The van der Waals surface area contributed by atoms with Gasteiger partial charge in [0.1, 0.15) is 10.8 Å². The molecule has 1 aliphatic rings. The van der Waals surface area contributed by atoms with Crippen LogP contribution >= 0.6 is 11.8 Å². The van der Waals surface area contributed by atoms with Gasteiger partial charge in [-0.3, -0.25) is 4.79 Å². The summed E-state index contributed by atoms with van der Waals surface area (Å²) in [6.07, 6.45) is 0. The Morgan fingerprint density at radius 3 is 2.30 bits per heavy atom. The van der Waals surface area contributed by atoms with Crippen molar-refractivity contribution >= 4 is 27.7 Å². The average molecular weight is 491 g/mol. The molecule has 0 unspecified atom stereocenters. The number of carbonyl (C=O) groups is 1. The minimum absolute atomic E-state index is 0.0433. The molecule has 1 saturated heterocycles. The Labute approximate surface area is 195 Å². The number of thioether (sulfide) groups is 1. The quantitative estimate of drug-likeness (QED) is 0.488. The molecule has 4 rings (SSSR count). The second-order valence-corrected chi connectivity index (χ2v) is 10.5. The van der Waals surface area contributed by atoms with Gasteiger partial charge in [0.05, 0.1) is 16.3 Å². The highest BCUT2D eigenvalue weighted by Gasteiger charge is 2.30. The van der Waals surface area contributed by atoms with Gasteiger partial charge in [-0.2, -0.15) is 9.40 Å². The van der Waals surface area contributed by atoms with Gasteiger partial charge in [-0.15, -0.1) is 10.2 Å². The van der Waals surface area contributed by atoms with Crippen molar-refractivity contribution in [3.8, 4) is 5.82 Å². The molecule has 9 nitrogen and oxygen atoms in total. The molecule has 174 valence electrons. The molecule has 12 heteroatoms. The third-order valence-corrected chi connectivity index (χ3v) is 8.06. The molecule has 1 amide bonds. The SMILES string of the molecule is Cc1cc(C)n(-c2ccc(SCC(=O)N3CCN(S(=O)(=O)c4ccc(F)cc4)CC3)nn2)n1. The van der Waals surface area contributed by atoms with Crippen LogP contribution in [0.4, 0.5) is 4.39 Å². The van der Waals surface area contributed by atoms with Crippen LogP contribution in [-0.2, 0) is 14.8 Å². The molecular weight excluding hydrogens is 467 g/mol. The molecule has 3 heterocycles. The minimum atomic E-state index is -3.71. The molecule has 1 fully saturated rings. The Bertz CT molecular complexity index is 1240. The fourth-order valence-corrected chi connectivity index (χ4v) is 5.66. The summed E-state index contributed by atoms with van der Waals surface area (Å²) in [7, 11) is -3.71. The minimum Gasteiger partial charge on any atom is -0.339 e. The maximum absolute atomic E-state index is 13.1. The zero-order chi connectivity index (χ0) is 23.6. The van der Waals surface area contributed by atoms with Gasteiger partial charge in [-0.05, 0) is 56.3 Å². The van der Waals surface area contributed by atoms with E-state index >= 15 is 0 Å². The van der Waals surface area contributed by atoms with E-state index in [1.807, 2.05) is 19.9 Å². The second kappa shape index (κ2) is 9.57. The third-order valence-electron chi connectivity index (χ3n) is 5.24. The van der Waals surface area contributed by atoms with Gasteiger partial charge in [0.15, 0.2) is 5.82 Å². The van der Waals surface area contributed by atoms with E-state index in [1.54, 1.807) is 21.7 Å². The van der Waals surface area contributed by atoms with E-state index in [9.17, 15) is 17.6 Å². The highest BCUT2D eigenvalue weighted by Crippen LogP contribution is 2.20. The van der Waals surface area contributed by atoms with Crippen LogP contribution in [0.3, 0.4) is 0 Å². The molecule has 0 aliphatic carbocycles. The molecule has 0 bridgehead atoms. The van der Waals surface area contributed by atoms with Crippen LogP contribution in [0.5, 0.6) is 0 Å². The Morgan fingerprint density at radius 2 is 1.73 bits per heavy atom. The lowest BCUT2D eigenvalue weighted by molar-refractivity contribution is -0.129. The van der Waals surface area contributed by atoms with Crippen molar-refractivity contribution in [1.82, 2.24) is 29.2 Å². The molecule has 1 aromatic carbocycles. The van der Waals surface area contributed by atoms with E-state index in [0.717, 1.165) is 23.5 Å². The first-order valence-electron chi connectivity index (χ1n) is 10.3. The first-order chi connectivity index (χ1) is 15.7. The molecule has 0 radical (unpaired) electrons. The van der Waals surface area contributed by atoms with Crippen LogP contribution in [-0.4, -0.2) is 75.4 Å². The number of amides is 1. The number of sulfonamides is 1. The average Bonchev–Trinajstić information content (AvgIpc) is 3.16. The van der Waals surface area contributed by atoms with Crippen LogP contribution in [0, 0.1) is 19.7 Å². The predicted molar refractivity (Wildman–Crippen MR) is 121 cm³/mol. The largest absolute Gasteiger partial charge is 0.339 e. The molecule has 0 N–H and O–H groups in total. The van der Waals surface area contributed by atoms with Crippen LogP contribution in [0.25, 0.3) is 5.82 Å². The van der Waals surface area contributed by atoms with Crippen molar-refractivity contribution in [2.45, 2.75) is 23.8 Å². The van der Waals surface area contributed by atoms with E-state index in [4.69, 9.17) is 0 Å². The van der Waals surface area contributed by atoms with Gasteiger partial charge in [0.2, 0.25) is 15.9 Å². The summed E-state index contributed by atoms with van der Waals surface area (Å²) in [5.41, 5.74) is 1.85. The molecule has 0 atom stereocenters. The van der Waals surface area contributed by atoms with Gasteiger partial charge in [0.25, 0.3) is 0 Å². The van der Waals surface area contributed by atoms with Crippen LogP contribution < -0.4 is 0 Å². The van der Waals surface area contributed by atoms with Crippen LogP contribution in [0.15, 0.2) is 52.4 Å². The lowest BCUT2D eigenvalue weighted by atomic mass is 10.3. The fourth-order valence-electron chi connectivity index (χ4n) is 3.52. The Hall–Kier alpha value is -2.83. The summed E-state index contributed by atoms with van der Waals surface area (Å²) in [6, 6.07) is 10.3. The molecule has 1 aliphatic heterocycles. The number of piperazine rings is 1. The molecular formula is C21H23FN6O3S2. The van der Waals surface area contributed by atoms with Crippen molar-refractivity contribution in [2.24, 2.45) is 0 Å². The number of carbonyl (C=O) groups excluding carboxylic acids is 1. The zero-order valence-corrected chi connectivity index (χ0v) is 19.8. The van der Waals surface area contributed by atoms with E-state index in [1.165, 1.54) is 28.2 Å². The number of aryl methyl sites for hydroxylation is 2. The van der Waals surface area contributed by atoms with Crippen LogP contribution in [0.1, 0.15) is 11.4 Å². The molecule has 0 spiro atoms. The Balaban J connectivity index is 1.30. The zero-order valence-electron chi connectivity index (χ0n) is 18.2. The standard InChI is InChI=1S/C21H23FN6O3S2/c1-15-13-16(2)28(25-15)19-7-8-20(24-23-19)32-14-21(29)26-9-11-27(12-10-26)33(30,31)18-5-3-17(22)4-6-18/h3-8,13H,9-12,14H2,1-2H3. The highest BCUT2D eigenvalue weighted by molar-refractivity contribution is 7.99. The van der Waals surface area contributed by atoms with E-state index in [2.05, 4.69) is 15.3 Å². The number of nitrogens with zero attached hydrogens (tertiary/aromatic N) is 6. The smallest absolute Gasteiger partial charge is 0.243 e. The van der Waals surface area contributed by atoms with Gasteiger partial charge in [-0.25, -0.2) is 17.5 Å². The van der Waals surface area contributed by atoms with E-state index < -0.39 is 15.8 Å². The summed E-state index contributed by atoms with van der Waals surface area (Å²) >= 11 is 1.28. The van der Waals surface area contributed by atoms with Gasteiger partial charge in [-0.1, -0.05) is 11.8 Å². The maximum atomic E-state index is 13.1. The summed E-state index contributed by atoms with van der Waals surface area (Å²) in [5.74, 6) is 0.198. The predicted octanol–water partition coefficient (Wildman–Crippen LogP) is 2.04. The van der Waals surface area contributed by atoms with Gasteiger partial charge >= 0.3 is 0 Å². The molecule has 0 saturated carbocycles. The highest BCUT2D eigenvalue weighted by atomic mass is 32.2. The Morgan fingerprint density at radius 1 is 1.03 bits per heavy atom. The summed E-state index contributed by atoms with van der Waals surface area (Å²) in [4.78, 5) is 14.3. The first kappa shape index (κ1) is 23.3. The monoisotopic (exact) mass is 490 g/mol. The van der Waals surface area contributed by atoms with Crippen LogP contribution in [0.2, 0.25) is 0 Å². The second-order valence-electron chi connectivity index (χ2n) is 7.60. The number of rotatable bonds is 6. The fraction of sp³-hybridized carbons (Fsp3) is 0.333. The first-order valence-corrected chi connectivity index (χ1v) is 12.7. The van der Waals surface area contributed by atoms with Crippen molar-refractivity contribution in [3.63, 3.8) is 0 Å². The summed E-state index contributed by atoms with van der Waals surface area (Å²) in [6.45, 7) is 4.81. The molecule has 2 aromatic heterocycles. The van der Waals surface area contributed by atoms with Crippen molar-refractivity contribution in [2.75, 3.05) is 31.9 Å². The van der Waals surface area contributed by atoms with Crippen molar-refractivity contribution < 1.29 is 17.6 Å². The number of hydrogen-bond acceptors (Lipinski definition) is 7. The third kappa shape index (κ3) is 5.23. The lowest BCUT2D eigenvalue weighted by Crippen LogP contribution is -2.50. The van der Waals surface area contributed by atoms with E-state index in [-0.39, 0.29) is 29.6 Å². The van der Waals surface area contributed by atoms with Crippen molar-refractivity contribution in [3.05, 3.63) is 59.7 Å². The number of benzene rings is 1. The van der Waals surface area contributed by atoms with E-state index in [0.29, 0.717) is 23.9 Å².